The lowest BCUT2D eigenvalue weighted by Crippen LogP contribution is -2.42. The number of nitrogens with zero attached hydrogens (tertiary/aromatic N) is 1. The van der Waals surface area contributed by atoms with Gasteiger partial charge in [0.2, 0.25) is 5.91 Å². The predicted molar refractivity (Wildman–Crippen MR) is 73.3 cm³/mol. The smallest absolute Gasteiger partial charge is 0.223 e. The molecule has 0 bridgehead atoms. The Kier molecular flexibility index (Phi) is 5.16. The second kappa shape index (κ2) is 6.64. The van der Waals surface area contributed by atoms with E-state index in [4.69, 9.17) is 0 Å². The normalized spacial score (nSPS) is 23.9. The van der Waals surface area contributed by atoms with Crippen LogP contribution in [-0.2, 0) is 4.79 Å². The fourth-order valence-electron chi connectivity index (χ4n) is 2.42. The zero-order chi connectivity index (χ0) is 12.1. The summed E-state index contributed by atoms with van der Waals surface area (Å²) in [6.07, 6.45) is 7.92. The molecule has 0 spiro atoms. The maximum atomic E-state index is 12.1. The van der Waals surface area contributed by atoms with Gasteiger partial charge in [-0.3, -0.25) is 4.79 Å². The van der Waals surface area contributed by atoms with E-state index in [-0.39, 0.29) is 0 Å². The molecule has 0 aromatic carbocycles. The average Bonchev–Trinajstić information content (AvgIpc) is 2.99. The van der Waals surface area contributed by atoms with Crippen LogP contribution in [0.15, 0.2) is 0 Å². The Labute approximate surface area is 109 Å². The summed E-state index contributed by atoms with van der Waals surface area (Å²) in [5.41, 5.74) is 0. The monoisotopic (exact) mass is 256 g/mol. The van der Waals surface area contributed by atoms with Crippen LogP contribution in [0.3, 0.4) is 0 Å². The summed E-state index contributed by atoms with van der Waals surface area (Å²) in [5, 5.41) is 3.49. The summed E-state index contributed by atoms with van der Waals surface area (Å²) in [6, 6.07) is 0.548. The molecule has 2 aliphatic rings. The van der Waals surface area contributed by atoms with E-state index in [1.165, 1.54) is 25.7 Å². The van der Waals surface area contributed by atoms with E-state index in [9.17, 15) is 4.79 Å². The van der Waals surface area contributed by atoms with Gasteiger partial charge < -0.3 is 10.2 Å². The van der Waals surface area contributed by atoms with Gasteiger partial charge in [-0.15, -0.1) is 0 Å². The maximum absolute atomic E-state index is 12.1. The maximum Gasteiger partial charge on any atom is 0.223 e. The minimum absolute atomic E-state index is 0.361. The zero-order valence-corrected chi connectivity index (χ0v) is 11.6. The average molecular weight is 256 g/mol. The van der Waals surface area contributed by atoms with Crippen LogP contribution in [0.2, 0.25) is 0 Å². The van der Waals surface area contributed by atoms with Gasteiger partial charge in [-0.25, -0.2) is 0 Å². The van der Waals surface area contributed by atoms with Crippen molar-refractivity contribution in [2.24, 2.45) is 5.92 Å². The Morgan fingerprint density at radius 1 is 1.35 bits per heavy atom. The molecule has 17 heavy (non-hydrogen) atoms. The van der Waals surface area contributed by atoms with Crippen LogP contribution >= 0.6 is 11.8 Å². The van der Waals surface area contributed by atoms with Crippen LogP contribution in [0.25, 0.3) is 0 Å². The molecule has 1 aliphatic carbocycles. The number of carbonyl (C=O) groups excluding carboxylic acids is 1. The van der Waals surface area contributed by atoms with E-state index >= 15 is 0 Å². The van der Waals surface area contributed by atoms with Crippen LogP contribution < -0.4 is 5.32 Å². The summed E-state index contributed by atoms with van der Waals surface area (Å²) in [6.45, 7) is 3.07. The Bertz CT molecular complexity index is 250. The van der Waals surface area contributed by atoms with Crippen molar-refractivity contribution in [3.8, 4) is 0 Å². The molecule has 0 aromatic heterocycles. The number of thioether (sulfide) groups is 1. The van der Waals surface area contributed by atoms with Crippen molar-refractivity contribution in [1.29, 1.82) is 0 Å². The lowest BCUT2D eigenvalue weighted by Gasteiger charge is -2.26. The van der Waals surface area contributed by atoms with E-state index in [1.54, 1.807) is 11.8 Å². The van der Waals surface area contributed by atoms with Gasteiger partial charge in [-0.1, -0.05) is 0 Å². The molecule has 1 heterocycles. The molecule has 1 amide bonds. The van der Waals surface area contributed by atoms with E-state index in [0.717, 1.165) is 31.3 Å². The number of hydrogen-bond donors (Lipinski definition) is 1. The molecule has 4 heteroatoms. The summed E-state index contributed by atoms with van der Waals surface area (Å²) >= 11 is 1.76. The molecular formula is C13H24N2OS. The molecular weight excluding hydrogens is 232 g/mol. The van der Waals surface area contributed by atoms with Crippen molar-refractivity contribution in [3.05, 3.63) is 0 Å². The second-order valence-corrected chi connectivity index (χ2v) is 6.26. The lowest BCUT2D eigenvalue weighted by molar-refractivity contribution is -0.131. The standard InChI is InChI=1S/C13H24N2OS/c1-17-8-6-13(16)15(9-11-4-5-11)10-12-3-2-7-14-12/h11-12,14H,2-10H2,1H3. The summed E-state index contributed by atoms with van der Waals surface area (Å²) in [5.74, 6) is 2.12. The fraction of sp³-hybridized carbons (Fsp3) is 0.923. The highest BCUT2D eigenvalue weighted by molar-refractivity contribution is 7.98. The highest BCUT2D eigenvalue weighted by atomic mass is 32.2. The minimum atomic E-state index is 0.361. The van der Waals surface area contributed by atoms with Gasteiger partial charge in [0, 0.05) is 31.3 Å². The zero-order valence-electron chi connectivity index (χ0n) is 10.8. The Balaban J connectivity index is 1.79. The van der Waals surface area contributed by atoms with Crippen molar-refractivity contribution < 1.29 is 4.79 Å². The van der Waals surface area contributed by atoms with Crippen LogP contribution in [0.4, 0.5) is 0 Å². The summed E-state index contributed by atoms with van der Waals surface area (Å²) < 4.78 is 0. The summed E-state index contributed by atoms with van der Waals surface area (Å²) in [7, 11) is 0. The third kappa shape index (κ3) is 4.51. The van der Waals surface area contributed by atoms with Crippen LogP contribution in [0.5, 0.6) is 0 Å². The Morgan fingerprint density at radius 3 is 2.76 bits per heavy atom. The van der Waals surface area contributed by atoms with Gasteiger partial charge in [-0.2, -0.15) is 11.8 Å². The number of hydrogen-bond acceptors (Lipinski definition) is 3. The van der Waals surface area contributed by atoms with Gasteiger partial charge in [0.1, 0.15) is 0 Å². The number of rotatable bonds is 7. The molecule has 0 radical (unpaired) electrons. The molecule has 1 saturated heterocycles. The topological polar surface area (TPSA) is 32.3 Å². The highest BCUT2D eigenvalue weighted by Gasteiger charge is 2.28. The molecule has 98 valence electrons. The largest absolute Gasteiger partial charge is 0.341 e. The molecule has 1 N–H and O–H groups in total. The lowest BCUT2D eigenvalue weighted by atomic mass is 10.2. The molecule has 0 aromatic rings. The van der Waals surface area contributed by atoms with Crippen molar-refractivity contribution in [1.82, 2.24) is 10.2 Å². The fourth-order valence-corrected chi connectivity index (χ4v) is 2.80. The van der Waals surface area contributed by atoms with Crippen molar-refractivity contribution in [2.75, 3.05) is 31.6 Å². The van der Waals surface area contributed by atoms with E-state index in [2.05, 4.69) is 16.5 Å². The minimum Gasteiger partial charge on any atom is -0.341 e. The third-order valence-electron chi connectivity index (χ3n) is 3.65. The molecule has 1 saturated carbocycles. The van der Waals surface area contributed by atoms with Crippen LogP contribution in [-0.4, -0.2) is 48.5 Å². The first-order chi connectivity index (χ1) is 8.29. The molecule has 1 atom stereocenters. The van der Waals surface area contributed by atoms with E-state index < -0.39 is 0 Å². The quantitative estimate of drug-likeness (QED) is 0.753. The molecule has 1 aliphatic heterocycles. The third-order valence-corrected chi connectivity index (χ3v) is 4.26. The van der Waals surface area contributed by atoms with Crippen LogP contribution in [0.1, 0.15) is 32.1 Å². The van der Waals surface area contributed by atoms with Gasteiger partial charge in [0.25, 0.3) is 0 Å². The SMILES string of the molecule is CSCCC(=O)N(CC1CC1)CC1CCCN1. The van der Waals surface area contributed by atoms with Crippen LogP contribution in [0, 0.1) is 5.92 Å². The van der Waals surface area contributed by atoms with E-state index in [0.29, 0.717) is 18.4 Å². The summed E-state index contributed by atoms with van der Waals surface area (Å²) in [4.78, 5) is 14.3. The van der Waals surface area contributed by atoms with Crippen molar-refractivity contribution >= 4 is 17.7 Å². The molecule has 2 fully saturated rings. The van der Waals surface area contributed by atoms with Gasteiger partial charge in [-0.05, 0) is 44.4 Å². The first kappa shape index (κ1) is 13.2. The first-order valence-electron chi connectivity index (χ1n) is 6.79. The Morgan fingerprint density at radius 2 is 2.18 bits per heavy atom. The molecule has 1 unspecified atom stereocenters. The van der Waals surface area contributed by atoms with Gasteiger partial charge in [0.15, 0.2) is 0 Å². The molecule has 2 rings (SSSR count). The van der Waals surface area contributed by atoms with E-state index in [1.807, 2.05) is 0 Å². The number of amides is 1. The predicted octanol–water partition coefficient (Wildman–Crippen LogP) is 1.73. The molecule has 3 nitrogen and oxygen atoms in total. The van der Waals surface area contributed by atoms with Crippen molar-refractivity contribution in [3.63, 3.8) is 0 Å². The van der Waals surface area contributed by atoms with Gasteiger partial charge >= 0.3 is 0 Å². The highest BCUT2D eigenvalue weighted by Crippen LogP contribution is 2.30. The van der Waals surface area contributed by atoms with Crippen molar-refractivity contribution in [2.45, 2.75) is 38.1 Å². The first-order valence-corrected chi connectivity index (χ1v) is 8.19. The van der Waals surface area contributed by atoms with Gasteiger partial charge in [0.05, 0.1) is 0 Å². The number of carbonyl (C=O) groups is 1. The Hall–Kier alpha value is -0.220. The number of nitrogens with one attached hydrogen (secondary N) is 1. The second-order valence-electron chi connectivity index (χ2n) is 5.28.